The van der Waals surface area contributed by atoms with Crippen molar-refractivity contribution in [2.75, 3.05) is 5.73 Å². The summed E-state index contributed by atoms with van der Waals surface area (Å²) in [4.78, 5) is 1.31. The fraction of sp³-hybridized carbons (Fsp3) is 0.667. The third-order valence-electron chi connectivity index (χ3n) is 3.54. The van der Waals surface area contributed by atoms with E-state index in [-0.39, 0.29) is 0 Å². The van der Waals surface area contributed by atoms with Gasteiger partial charge in [0.2, 0.25) is 0 Å². The largest absolute Gasteiger partial charge is 0.398 e. The Balaban J connectivity index is 1.57. The molecule has 0 radical (unpaired) electrons. The lowest BCUT2D eigenvalue weighted by Gasteiger charge is -2.17. The molecule has 1 aromatic rings. The molecule has 0 unspecified atom stereocenters. The number of hydrogen-bond donors (Lipinski definition) is 2. The zero-order valence-corrected chi connectivity index (χ0v) is 9.72. The van der Waals surface area contributed by atoms with Gasteiger partial charge < -0.3 is 11.1 Å². The SMILES string of the molecule is Nc1ccsc1CNC(C1CC1)C1CC1. The minimum atomic E-state index is 0.784. The fourth-order valence-corrected chi connectivity index (χ4v) is 3.08. The van der Waals surface area contributed by atoms with Crippen molar-refractivity contribution >= 4 is 17.0 Å². The second-order valence-electron chi connectivity index (χ2n) is 4.88. The highest BCUT2D eigenvalue weighted by Crippen LogP contribution is 2.44. The summed E-state index contributed by atoms with van der Waals surface area (Å²) in [6, 6.07) is 2.79. The van der Waals surface area contributed by atoms with Gasteiger partial charge in [-0.1, -0.05) is 0 Å². The van der Waals surface area contributed by atoms with Gasteiger partial charge in [-0.05, 0) is 49.0 Å². The number of nitrogen functional groups attached to an aromatic ring is 1. The molecule has 2 aliphatic carbocycles. The molecule has 82 valence electrons. The summed E-state index contributed by atoms with van der Waals surface area (Å²) < 4.78 is 0. The predicted octanol–water partition coefficient (Wildman–Crippen LogP) is 2.61. The quantitative estimate of drug-likeness (QED) is 0.803. The van der Waals surface area contributed by atoms with Crippen molar-refractivity contribution in [2.45, 2.75) is 38.3 Å². The lowest BCUT2D eigenvalue weighted by Crippen LogP contribution is -2.32. The van der Waals surface area contributed by atoms with Crippen LogP contribution in [0.5, 0.6) is 0 Å². The summed E-state index contributed by atoms with van der Waals surface area (Å²) in [5.41, 5.74) is 6.84. The maximum atomic E-state index is 5.88. The third kappa shape index (κ3) is 2.18. The molecule has 2 saturated carbocycles. The van der Waals surface area contributed by atoms with Gasteiger partial charge in [0.05, 0.1) is 0 Å². The van der Waals surface area contributed by atoms with E-state index in [1.807, 2.05) is 6.07 Å². The van der Waals surface area contributed by atoms with Crippen molar-refractivity contribution < 1.29 is 0 Å². The molecule has 0 atom stereocenters. The van der Waals surface area contributed by atoms with Gasteiger partial charge in [0.1, 0.15) is 0 Å². The maximum Gasteiger partial charge on any atom is 0.0468 e. The van der Waals surface area contributed by atoms with Gasteiger partial charge in [-0.2, -0.15) is 0 Å². The van der Waals surface area contributed by atoms with Crippen molar-refractivity contribution in [1.82, 2.24) is 5.32 Å². The second-order valence-corrected chi connectivity index (χ2v) is 5.88. The Morgan fingerprint density at radius 1 is 1.33 bits per heavy atom. The van der Waals surface area contributed by atoms with Gasteiger partial charge in [-0.25, -0.2) is 0 Å². The predicted molar refractivity (Wildman–Crippen MR) is 64.8 cm³/mol. The van der Waals surface area contributed by atoms with Crippen LogP contribution in [0.3, 0.4) is 0 Å². The second kappa shape index (κ2) is 3.80. The molecule has 2 nitrogen and oxygen atoms in total. The Kier molecular flexibility index (Phi) is 2.45. The highest BCUT2D eigenvalue weighted by atomic mass is 32.1. The maximum absolute atomic E-state index is 5.88. The molecule has 0 spiro atoms. The van der Waals surface area contributed by atoms with Crippen LogP contribution in [-0.2, 0) is 6.54 Å². The average Bonchev–Trinajstić information content (AvgIpc) is 3.11. The molecule has 3 heteroatoms. The van der Waals surface area contributed by atoms with E-state index >= 15 is 0 Å². The van der Waals surface area contributed by atoms with E-state index in [0.717, 1.165) is 30.1 Å². The molecule has 1 heterocycles. The van der Waals surface area contributed by atoms with E-state index in [1.54, 1.807) is 11.3 Å². The summed E-state index contributed by atoms with van der Waals surface area (Å²) in [5.74, 6) is 1.94. The molecular formula is C12H18N2S. The Hall–Kier alpha value is -0.540. The molecule has 3 N–H and O–H groups in total. The van der Waals surface area contributed by atoms with Gasteiger partial charge in [-0.15, -0.1) is 11.3 Å². The highest BCUT2D eigenvalue weighted by Gasteiger charge is 2.40. The van der Waals surface area contributed by atoms with Crippen molar-refractivity contribution in [3.63, 3.8) is 0 Å². The standard InChI is InChI=1S/C12H18N2S/c13-10-5-6-15-11(10)7-14-12(8-1-2-8)9-3-4-9/h5-6,8-9,12,14H,1-4,7,13H2. The van der Waals surface area contributed by atoms with Gasteiger partial charge in [0, 0.05) is 23.2 Å². The Morgan fingerprint density at radius 3 is 2.47 bits per heavy atom. The molecule has 1 aromatic heterocycles. The van der Waals surface area contributed by atoms with Gasteiger partial charge in [0.25, 0.3) is 0 Å². The number of hydrogen-bond acceptors (Lipinski definition) is 3. The van der Waals surface area contributed by atoms with Crippen LogP contribution in [0.2, 0.25) is 0 Å². The Morgan fingerprint density at radius 2 is 2.00 bits per heavy atom. The van der Waals surface area contributed by atoms with Crippen LogP contribution >= 0.6 is 11.3 Å². The van der Waals surface area contributed by atoms with Crippen molar-refractivity contribution in [3.8, 4) is 0 Å². The van der Waals surface area contributed by atoms with Gasteiger partial charge in [0.15, 0.2) is 0 Å². The summed E-state index contributed by atoms with van der Waals surface area (Å²) in [6.07, 6.45) is 5.75. The van der Waals surface area contributed by atoms with Crippen molar-refractivity contribution in [3.05, 3.63) is 16.3 Å². The summed E-state index contributed by atoms with van der Waals surface area (Å²) >= 11 is 1.77. The zero-order valence-electron chi connectivity index (χ0n) is 8.91. The number of rotatable bonds is 5. The Bertz CT molecular complexity index is 327. The number of thiophene rings is 1. The molecule has 3 rings (SSSR count). The van der Waals surface area contributed by atoms with Crippen molar-refractivity contribution in [2.24, 2.45) is 11.8 Å². The molecule has 2 aliphatic rings. The van der Waals surface area contributed by atoms with E-state index in [1.165, 1.54) is 30.6 Å². The molecule has 0 bridgehead atoms. The molecule has 0 aliphatic heterocycles. The topological polar surface area (TPSA) is 38.0 Å². The summed E-state index contributed by atoms with van der Waals surface area (Å²) in [5, 5.41) is 5.80. The number of anilines is 1. The minimum absolute atomic E-state index is 0.784. The van der Waals surface area contributed by atoms with Gasteiger partial charge in [-0.3, -0.25) is 0 Å². The molecule has 15 heavy (non-hydrogen) atoms. The van der Waals surface area contributed by atoms with E-state index in [9.17, 15) is 0 Å². The van der Waals surface area contributed by atoms with Crippen LogP contribution in [0.4, 0.5) is 5.69 Å². The van der Waals surface area contributed by atoms with Crippen molar-refractivity contribution in [1.29, 1.82) is 0 Å². The van der Waals surface area contributed by atoms with E-state index < -0.39 is 0 Å². The smallest absolute Gasteiger partial charge is 0.0468 e. The first kappa shape index (κ1) is 9.67. The summed E-state index contributed by atoms with van der Waals surface area (Å²) in [6.45, 7) is 0.973. The minimum Gasteiger partial charge on any atom is -0.398 e. The van der Waals surface area contributed by atoms with E-state index in [4.69, 9.17) is 5.73 Å². The average molecular weight is 222 g/mol. The van der Waals surface area contributed by atoms with Gasteiger partial charge >= 0.3 is 0 Å². The van der Waals surface area contributed by atoms with E-state index in [2.05, 4.69) is 10.7 Å². The summed E-state index contributed by atoms with van der Waals surface area (Å²) in [7, 11) is 0. The van der Waals surface area contributed by atoms with Crippen LogP contribution in [-0.4, -0.2) is 6.04 Å². The zero-order chi connectivity index (χ0) is 10.3. The Labute approximate surface area is 94.9 Å². The van der Waals surface area contributed by atoms with E-state index in [0.29, 0.717) is 0 Å². The first-order chi connectivity index (χ1) is 7.34. The lowest BCUT2D eigenvalue weighted by molar-refractivity contribution is 0.417. The third-order valence-corrected chi connectivity index (χ3v) is 4.47. The first-order valence-corrected chi connectivity index (χ1v) is 6.78. The van der Waals surface area contributed by atoms with Crippen LogP contribution < -0.4 is 11.1 Å². The normalized spacial score (nSPS) is 21.1. The number of nitrogens with one attached hydrogen (secondary N) is 1. The van der Waals surface area contributed by atoms with Crippen LogP contribution in [0.25, 0.3) is 0 Å². The monoisotopic (exact) mass is 222 g/mol. The fourth-order valence-electron chi connectivity index (χ4n) is 2.33. The van der Waals surface area contributed by atoms with Crippen LogP contribution in [0.15, 0.2) is 11.4 Å². The first-order valence-electron chi connectivity index (χ1n) is 5.90. The van der Waals surface area contributed by atoms with Crippen LogP contribution in [0, 0.1) is 11.8 Å². The molecular weight excluding hydrogens is 204 g/mol. The molecule has 0 saturated heterocycles. The molecule has 0 aromatic carbocycles. The number of nitrogens with two attached hydrogens (primary N) is 1. The molecule has 0 amide bonds. The highest BCUT2D eigenvalue weighted by molar-refractivity contribution is 7.10. The van der Waals surface area contributed by atoms with Crippen LogP contribution in [0.1, 0.15) is 30.6 Å². The molecule has 2 fully saturated rings. The lowest BCUT2D eigenvalue weighted by atomic mass is 10.1.